The molecule has 1 aromatic rings. The van der Waals surface area contributed by atoms with Gasteiger partial charge in [0.15, 0.2) is 0 Å². The summed E-state index contributed by atoms with van der Waals surface area (Å²) in [7, 11) is 0. The molecule has 0 aromatic heterocycles. The van der Waals surface area contributed by atoms with Crippen molar-refractivity contribution in [3.63, 3.8) is 0 Å². The van der Waals surface area contributed by atoms with Crippen LogP contribution >= 0.6 is 0 Å². The van der Waals surface area contributed by atoms with Crippen molar-refractivity contribution in [2.75, 3.05) is 6.61 Å². The van der Waals surface area contributed by atoms with Crippen molar-refractivity contribution in [2.45, 2.75) is 32.3 Å². The molecule has 0 spiro atoms. The molecule has 1 aliphatic heterocycles. The van der Waals surface area contributed by atoms with Gasteiger partial charge in [0.05, 0.1) is 13.0 Å². The minimum absolute atomic E-state index is 0.0652. The first kappa shape index (κ1) is 15.8. The van der Waals surface area contributed by atoms with E-state index in [9.17, 15) is 9.59 Å². The normalized spacial score (nSPS) is 32.8. The fraction of sp³-hybridized carbons (Fsp3) is 0.474. The lowest BCUT2D eigenvalue weighted by Gasteiger charge is -2.23. The fourth-order valence-corrected chi connectivity index (χ4v) is 4.11. The van der Waals surface area contributed by atoms with Gasteiger partial charge in [0.25, 0.3) is 0 Å². The monoisotopic (exact) mass is 314 g/mol. The summed E-state index contributed by atoms with van der Waals surface area (Å²) in [6.07, 6.45) is 3.78. The molecule has 1 saturated heterocycles. The Morgan fingerprint density at radius 1 is 1.35 bits per heavy atom. The smallest absolute Gasteiger partial charge is 0.330 e. The molecule has 3 rings (SSSR count). The van der Waals surface area contributed by atoms with E-state index >= 15 is 0 Å². The number of hydrogen-bond donors (Lipinski definition) is 0. The Bertz CT molecular complexity index is 607. The van der Waals surface area contributed by atoms with Crippen LogP contribution in [0.4, 0.5) is 0 Å². The Hall–Kier alpha value is -2.10. The van der Waals surface area contributed by atoms with Crippen molar-refractivity contribution < 1.29 is 19.1 Å². The number of allylic oxidation sites excluding steroid dienone is 1. The van der Waals surface area contributed by atoms with Crippen molar-refractivity contribution in [3.05, 3.63) is 48.0 Å². The number of esters is 2. The van der Waals surface area contributed by atoms with Crippen LogP contribution in [0.5, 0.6) is 0 Å². The van der Waals surface area contributed by atoms with E-state index in [1.165, 1.54) is 11.6 Å². The van der Waals surface area contributed by atoms with Crippen molar-refractivity contribution >= 4 is 11.9 Å². The number of fused-ring (bicyclic) bond motifs is 1. The molecular formula is C19H22O4. The van der Waals surface area contributed by atoms with Crippen LogP contribution < -0.4 is 0 Å². The van der Waals surface area contributed by atoms with E-state index in [0.717, 1.165) is 0 Å². The zero-order valence-corrected chi connectivity index (χ0v) is 13.5. The molecule has 0 amide bonds. The summed E-state index contributed by atoms with van der Waals surface area (Å²) in [6, 6.07) is 10.3. The molecule has 122 valence electrons. The lowest BCUT2D eigenvalue weighted by atomic mass is 9.81. The van der Waals surface area contributed by atoms with Gasteiger partial charge >= 0.3 is 11.9 Å². The van der Waals surface area contributed by atoms with E-state index in [-0.39, 0.29) is 41.7 Å². The average molecular weight is 314 g/mol. The van der Waals surface area contributed by atoms with E-state index in [1.54, 1.807) is 6.92 Å². The number of hydrogen-bond acceptors (Lipinski definition) is 4. The molecule has 4 nitrogen and oxygen atoms in total. The van der Waals surface area contributed by atoms with Crippen molar-refractivity contribution in [1.82, 2.24) is 0 Å². The van der Waals surface area contributed by atoms with Gasteiger partial charge in [-0.3, -0.25) is 4.79 Å². The van der Waals surface area contributed by atoms with Gasteiger partial charge in [0.2, 0.25) is 0 Å². The van der Waals surface area contributed by atoms with Gasteiger partial charge in [-0.1, -0.05) is 43.3 Å². The first-order chi connectivity index (χ1) is 11.1. The van der Waals surface area contributed by atoms with Gasteiger partial charge in [0, 0.05) is 17.9 Å². The van der Waals surface area contributed by atoms with E-state index in [0.29, 0.717) is 13.0 Å². The first-order valence-electron chi connectivity index (χ1n) is 8.21. The maximum atomic E-state index is 11.7. The maximum absolute atomic E-state index is 11.7. The van der Waals surface area contributed by atoms with Gasteiger partial charge < -0.3 is 9.47 Å². The lowest BCUT2D eigenvalue weighted by molar-refractivity contribution is -0.143. The second-order valence-corrected chi connectivity index (χ2v) is 6.31. The molecule has 1 saturated carbocycles. The molecule has 1 aliphatic carbocycles. The predicted octanol–water partition coefficient (Wildman–Crippen LogP) is 3.09. The molecular weight excluding hydrogens is 292 g/mol. The van der Waals surface area contributed by atoms with Crippen molar-refractivity contribution in [1.29, 1.82) is 0 Å². The maximum Gasteiger partial charge on any atom is 0.330 e. The third kappa shape index (κ3) is 3.03. The van der Waals surface area contributed by atoms with Crippen LogP contribution in [-0.2, 0) is 19.1 Å². The molecule has 1 heterocycles. The highest BCUT2D eigenvalue weighted by Gasteiger charge is 2.53. The third-order valence-corrected chi connectivity index (χ3v) is 5.01. The Kier molecular flexibility index (Phi) is 4.51. The Morgan fingerprint density at radius 3 is 2.78 bits per heavy atom. The van der Waals surface area contributed by atoms with Crippen molar-refractivity contribution in [3.8, 4) is 0 Å². The Balaban J connectivity index is 1.90. The number of carbonyl (C=O) groups is 2. The minimum atomic E-state index is -0.333. The van der Waals surface area contributed by atoms with Crippen LogP contribution in [0.1, 0.15) is 31.7 Å². The molecule has 2 aliphatic rings. The predicted molar refractivity (Wildman–Crippen MR) is 85.6 cm³/mol. The largest absolute Gasteiger partial charge is 0.463 e. The van der Waals surface area contributed by atoms with Gasteiger partial charge in [0.1, 0.15) is 6.10 Å². The van der Waals surface area contributed by atoms with E-state index in [2.05, 4.69) is 19.1 Å². The SMILES string of the molecule is CCOC(=O)/C=C/[C@H]1[C@@H]2CC(=O)O[C@@H]2[C@@H](C)[C@@H]1c1ccccc1. The summed E-state index contributed by atoms with van der Waals surface area (Å²) in [5.41, 5.74) is 1.23. The van der Waals surface area contributed by atoms with E-state index in [1.807, 2.05) is 24.3 Å². The molecule has 4 heteroatoms. The average Bonchev–Trinajstić information content (AvgIpc) is 3.03. The van der Waals surface area contributed by atoms with Gasteiger partial charge in [-0.25, -0.2) is 4.79 Å². The number of benzene rings is 1. The second kappa shape index (κ2) is 6.57. The highest BCUT2D eigenvalue weighted by molar-refractivity contribution is 5.82. The summed E-state index contributed by atoms with van der Waals surface area (Å²) >= 11 is 0. The number of ether oxygens (including phenoxy) is 2. The zero-order valence-electron chi connectivity index (χ0n) is 13.5. The molecule has 5 atom stereocenters. The van der Waals surface area contributed by atoms with Crippen LogP contribution in [0.2, 0.25) is 0 Å². The molecule has 0 bridgehead atoms. The quantitative estimate of drug-likeness (QED) is 0.633. The summed E-state index contributed by atoms with van der Waals surface area (Å²) < 4.78 is 10.5. The topological polar surface area (TPSA) is 52.6 Å². The van der Waals surface area contributed by atoms with Gasteiger partial charge in [-0.15, -0.1) is 0 Å². The van der Waals surface area contributed by atoms with Crippen LogP contribution in [0.15, 0.2) is 42.5 Å². The van der Waals surface area contributed by atoms with Crippen LogP contribution in [0.25, 0.3) is 0 Å². The standard InChI is InChI=1S/C19H22O4/c1-3-22-16(20)10-9-14-15-11-17(21)23-19(15)12(2)18(14)13-7-5-4-6-8-13/h4-10,12,14-15,18-19H,3,11H2,1-2H3/b10-9+/t12-,14-,15-,18+,19+/m0/s1. The highest BCUT2D eigenvalue weighted by Crippen LogP contribution is 2.53. The molecule has 1 aromatic carbocycles. The molecule has 2 fully saturated rings. The first-order valence-corrected chi connectivity index (χ1v) is 8.21. The highest BCUT2D eigenvalue weighted by atomic mass is 16.6. The molecule has 0 N–H and O–H groups in total. The van der Waals surface area contributed by atoms with Gasteiger partial charge in [-0.05, 0) is 24.3 Å². The van der Waals surface area contributed by atoms with Crippen LogP contribution in [0, 0.1) is 17.8 Å². The molecule has 23 heavy (non-hydrogen) atoms. The Morgan fingerprint density at radius 2 is 2.09 bits per heavy atom. The number of rotatable bonds is 4. The van der Waals surface area contributed by atoms with Crippen LogP contribution in [0.3, 0.4) is 0 Å². The summed E-state index contributed by atoms with van der Waals surface area (Å²) in [5.74, 6) is 0.242. The summed E-state index contributed by atoms with van der Waals surface area (Å²) in [5, 5.41) is 0. The van der Waals surface area contributed by atoms with Crippen LogP contribution in [-0.4, -0.2) is 24.6 Å². The zero-order chi connectivity index (χ0) is 16.4. The third-order valence-electron chi connectivity index (χ3n) is 5.01. The number of carbonyl (C=O) groups excluding carboxylic acids is 2. The van der Waals surface area contributed by atoms with Gasteiger partial charge in [-0.2, -0.15) is 0 Å². The van der Waals surface area contributed by atoms with E-state index < -0.39 is 0 Å². The summed E-state index contributed by atoms with van der Waals surface area (Å²) in [4.78, 5) is 23.4. The second-order valence-electron chi connectivity index (χ2n) is 6.31. The summed E-state index contributed by atoms with van der Waals surface area (Å²) in [6.45, 7) is 4.28. The van der Waals surface area contributed by atoms with E-state index in [4.69, 9.17) is 9.47 Å². The molecule has 0 unspecified atom stereocenters. The molecule has 0 radical (unpaired) electrons. The van der Waals surface area contributed by atoms with Crippen molar-refractivity contribution in [2.24, 2.45) is 17.8 Å². The Labute approximate surface area is 136 Å². The lowest BCUT2D eigenvalue weighted by Crippen LogP contribution is -2.18. The minimum Gasteiger partial charge on any atom is -0.463 e. The fourth-order valence-electron chi connectivity index (χ4n) is 4.11.